The van der Waals surface area contributed by atoms with Crippen LogP contribution in [0.15, 0.2) is 52.2 Å². The van der Waals surface area contributed by atoms with E-state index < -0.39 is 0 Å². The molecule has 1 aromatic heterocycles. The molecule has 0 aliphatic rings. The normalized spacial score (nSPS) is 11.1. The zero-order chi connectivity index (χ0) is 15.5. The number of aromatic nitrogens is 2. The Bertz CT molecular complexity index is 855. The Hall–Kier alpha value is -3.42. The van der Waals surface area contributed by atoms with Gasteiger partial charge in [0.05, 0.1) is 6.21 Å². The van der Waals surface area contributed by atoms with Crippen LogP contribution in [0.5, 0.6) is 0 Å². The van der Waals surface area contributed by atoms with Crippen LogP contribution in [0.25, 0.3) is 11.0 Å². The van der Waals surface area contributed by atoms with Gasteiger partial charge in [0.15, 0.2) is 0 Å². The van der Waals surface area contributed by atoms with Crippen LogP contribution in [0.4, 0.5) is 5.69 Å². The third-order valence-corrected chi connectivity index (χ3v) is 2.96. The molecule has 0 aliphatic carbocycles. The molecule has 1 heterocycles. The quantitative estimate of drug-likeness (QED) is 0.321. The van der Waals surface area contributed by atoms with E-state index in [-0.39, 0.29) is 5.91 Å². The first-order valence-electron chi connectivity index (χ1n) is 6.32. The molecule has 8 nitrogen and oxygen atoms in total. The largest absolute Gasteiger partial charge is 0.399 e. The summed E-state index contributed by atoms with van der Waals surface area (Å²) in [5.74, 6) is -0.351. The fourth-order valence-electron chi connectivity index (χ4n) is 1.84. The zero-order valence-corrected chi connectivity index (χ0v) is 11.3. The lowest BCUT2D eigenvalue weighted by molar-refractivity contribution is -0.782. The minimum atomic E-state index is -0.351. The maximum atomic E-state index is 11.8. The van der Waals surface area contributed by atoms with Crippen molar-refractivity contribution < 1.29 is 14.3 Å². The van der Waals surface area contributed by atoms with E-state index in [2.05, 4.69) is 20.3 Å². The number of carbonyl (C=O) groups excluding carboxylic acids is 1. The summed E-state index contributed by atoms with van der Waals surface area (Å²) in [4.78, 5) is 12.1. The predicted octanol–water partition coefficient (Wildman–Crippen LogP) is 0.807. The number of nitrogens with two attached hydrogens (primary N) is 1. The molecule has 0 atom stereocenters. The topological polar surface area (TPSA) is 120 Å². The summed E-state index contributed by atoms with van der Waals surface area (Å²) in [6.45, 7) is 0. The van der Waals surface area contributed by atoms with E-state index in [1.165, 1.54) is 6.21 Å². The van der Waals surface area contributed by atoms with Gasteiger partial charge in [0.25, 0.3) is 5.91 Å². The molecule has 22 heavy (non-hydrogen) atoms. The Morgan fingerprint density at radius 3 is 2.86 bits per heavy atom. The molecule has 8 heteroatoms. The smallest absolute Gasteiger partial charge is 0.271 e. The van der Waals surface area contributed by atoms with Gasteiger partial charge in [-0.15, -0.1) is 0 Å². The van der Waals surface area contributed by atoms with Gasteiger partial charge in [-0.25, -0.2) is 5.43 Å². The molecule has 110 valence electrons. The van der Waals surface area contributed by atoms with Gasteiger partial charge in [0, 0.05) is 22.5 Å². The Labute approximate surface area is 124 Å². The summed E-state index contributed by atoms with van der Waals surface area (Å²) in [6, 6.07) is 11.3. The molecule has 2 aromatic carbocycles. The van der Waals surface area contributed by atoms with Gasteiger partial charge in [0.1, 0.15) is 0 Å². The van der Waals surface area contributed by atoms with Crippen LogP contribution in [0.3, 0.4) is 0 Å². The van der Waals surface area contributed by atoms with Crippen LogP contribution in [0, 0.1) is 5.21 Å². The average Bonchev–Trinajstić information content (AvgIpc) is 2.89. The van der Waals surface area contributed by atoms with Gasteiger partial charge >= 0.3 is 0 Å². The van der Waals surface area contributed by atoms with Crippen molar-refractivity contribution in [2.45, 2.75) is 0 Å². The lowest BCUT2D eigenvalue weighted by Gasteiger charge is -2.00. The predicted molar refractivity (Wildman–Crippen MR) is 78.9 cm³/mol. The number of amides is 1. The Balaban J connectivity index is 1.70. The van der Waals surface area contributed by atoms with E-state index in [1.807, 2.05) is 0 Å². The minimum absolute atomic E-state index is 0.319. The zero-order valence-electron chi connectivity index (χ0n) is 11.3. The number of hydrazone groups is 1. The van der Waals surface area contributed by atoms with Crippen molar-refractivity contribution >= 4 is 28.8 Å². The molecule has 0 saturated heterocycles. The lowest BCUT2D eigenvalue weighted by Crippen LogP contribution is -2.22. The molecular formula is C14H11N5O3. The summed E-state index contributed by atoms with van der Waals surface area (Å²) < 4.78 is 4.47. The highest BCUT2D eigenvalue weighted by Gasteiger charge is 2.08. The van der Waals surface area contributed by atoms with Crippen LogP contribution in [-0.4, -0.2) is 17.3 Å². The third-order valence-electron chi connectivity index (χ3n) is 2.96. The van der Waals surface area contributed by atoms with E-state index in [0.29, 0.717) is 32.8 Å². The summed E-state index contributed by atoms with van der Waals surface area (Å²) in [5, 5.41) is 18.6. The molecule has 1 amide bonds. The van der Waals surface area contributed by atoms with Gasteiger partial charge in [-0.3, -0.25) is 9.42 Å². The average molecular weight is 297 g/mol. The summed E-state index contributed by atoms with van der Waals surface area (Å²) in [5.41, 5.74) is 10.4. The Morgan fingerprint density at radius 2 is 2.09 bits per heavy atom. The van der Waals surface area contributed by atoms with Gasteiger partial charge in [-0.1, -0.05) is 0 Å². The number of nitrogens with zero attached hydrogens (tertiary/aromatic N) is 3. The highest BCUT2D eigenvalue weighted by molar-refractivity contribution is 5.95. The lowest BCUT2D eigenvalue weighted by atomic mass is 10.2. The molecule has 0 bridgehead atoms. The number of benzene rings is 2. The molecule has 0 fully saturated rings. The SMILES string of the molecule is Nc1ccc(C(=O)N/N=C/c2ccc3c(c2)no[n+]3[O-])cc1. The van der Waals surface area contributed by atoms with Crippen molar-refractivity contribution in [3.8, 4) is 0 Å². The van der Waals surface area contributed by atoms with Crippen LogP contribution >= 0.6 is 0 Å². The van der Waals surface area contributed by atoms with E-state index in [4.69, 9.17) is 5.73 Å². The van der Waals surface area contributed by atoms with E-state index in [9.17, 15) is 10.0 Å². The molecule has 0 radical (unpaired) electrons. The number of nitrogen functional groups attached to an aromatic ring is 1. The first kappa shape index (κ1) is 13.6. The molecule has 0 unspecified atom stereocenters. The van der Waals surface area contributed by atoms with Gasteiger partial charge < -0.3 is 10.9 Å². The Morgan fingerprint density at radius 1 is 1.32 bits per heavy atom. The van der Waals surface area contributed by atoms with Crippen LogP contribution < -0.4 is 16.1 Å². The number of hydrogen-bond acceptors (Lipinski definition) is 6. The molecule has 0 spiro atoms. The second-order valence-electron chi connectivity index (χ2n) is 4.50. The third kappa shape index (κ3) is 2.70. The fraction of sp³-hybridized carbons (Fsp3) is 0. The standard InChI is InChI=1S/C14H11N5O3/c15-11-4-2-10(3-5-11)14(20)17-16-8-9-1-6-13-12(7-9)18-22-19(13)21/h1-8H,15H2,(H,17,20)/b16-8+. The minimum Gasteiger partial charge on any atom is -0.399 e. The molecule has 3 N–H and O–H groups in total. The molecule has 0 saturated carbocycles. The van der Waals surface area contributed by atoms with Crippen LogP contribution in [-0.2, 0) is 0 Å². The molecule has 3 rings (SSSR count). The Kier molecular flexibility index (Phi) is 3.40. The number of nitrogens with one attached hydrogen (secondary N) is 1. The first-order valence-corrected chi connectivity index (χ1v) is 6.32. The second kappa shape index (κ2) is 5.52. The van der Waals surface area contributed by atoms with Crippen LogP contribution in [0.2, 0.25) is 0 Å². The van der Waals surface area contributed by atoms with Crippen molar-refractivity contribution in [2.24, 2.45) is 5.10 Å². The highest BCUT2D eigenvalue weighted by Crippen LogP contribution is 2.09. The highest BCUT2D eigenvalue weighted by atomic mass is 16.8. The number of anilines is 1. The van der Waals surface area contributed by atoms with E-state index >= 15 is 0 Å². The number of rotatable bonds is 3. The summed E-state index contributed by atoms with van der Waals surface area (Å²) >= 11 is 0. The first-order chi connectivity index (χ1) is 10.6. The number of hydrogen-bond donors (Lipinski definition) is 2. The van der Waals surface area contributed by atoms with E-state index in [1.54, 1.807) is 42.5 Å². The van der Waals surface area contributed by atoms with Gasteiger partial charge in [0.2, 0.25) is 11.0 Å². The number of fused-ring (bicyclic) bond motifs is 1. The van der Waals surface area contributed by atoms with Gasteiger partial charge in [-0.05, 0) is 46.9 Å². The molecular weight excluding hydrogens is 286 g/mol. The monoisotopic (exact) mass is 297 g/mol. The maximum absolute atomic E-state index is 11.8. The summed E-state index contributed by atoms with van der Waals surface area (Å²) in [7, 11) is 0. The molecule has 3 aromatic rings. The maximum Gasteiger partial charge on any atom is 0.271 e. The van der Waals surface area contributed by atoms with Crippen molar-refractivity contribution in [1.82, 2.24) is 10.6 Å². The number of carbonyl (C=O) groups is 1. The second-order valence-corrected chi connectivity index (χ2v) is 4.50. The van der Waals surface area contributed by atoms with Gasteiger partial charge in [-0.2, -0.15) is 5.10 Å². The van der Waals surface area contributed by atoms with Crippen molar-refractivity contribution in [1.29, 1.82) is 0 Å². The van der Waals surface area contributed by atoms with Crippen LogP contribution in [0.1, 0.15) is 15.9 Å². The van der Waals surface area contributed by atoms with Crippen molar-refractivity contribution in [3.63, 3.8) is 0 Å². The summed E-state index contributed by atoms with van der Waals surface area (Å²) in [6.07, 6.45) is 1.44. The van der Waals surface area contributed by atoms with Crippen molar-refractivity contribution in [3.05, 3.63) is 58.8 Å². The molecule has 0 aliphatic heterocycles. The van der Waals surface area contributed by atoms with E-state index in [0.717, 1.165) is 0 Å². The van der Waals surface area contributed by atoms with Crippen molar-refractivity contribution in [2.75, 3.05) is 5.73 Å². The fourth-order valence-corrected chi connectivity index (χ4v) is 1.84.